The van der Waals surface area contributed by atoms with Crippen molar-refractivity contribution in [3.63, 3.8) is 0 Å². The first kappa shape index (κ1) is 25.8. The molecule has 4 aromatic carbocycles. The summed E-state index contributed by atoms with van der Waals surface area (Å²) in [5.41, 5.74) is 8.10. The number of hydrogen-bond donors (Lipinski definition) is 1. The number of carbonyl (C=O) groups is 1. The molecule has 41 heavy (non-hydrogen) atoms. The van der Waals surface area contributed by atoms with E-state index in [2.05, 4.69) is 95.1 Å². The van der Waals surface area contributed by atoms with Crippen LogP contribution in [0.4, 0.5) is 5.00 Å². The van der Waals surface area contributed by atoms with Crippen molar-refractivity contribution in [2.45, 2.75) is 25.9 Å². The summed E-state index contributed by atoms with van der Waals surface area (Å²) in [5.74, 6) is -0.000407. The van der Waals surface area contributed by atoms with Crippen LogP contribution in [0.25, 0.3) is 31.9 Å². The van der Waals surface area contributed by atoms with Crippen molar-refractivity contribution in [2.24, 2.45) is 0 Å². The maximum atomic E-state index is 13.4. The fourth-order valence-corrected chi connectivity index (χ4v) is 7.95. The average Bonchev–Trinajstić information content (AvgIpc) is 3.59. The van der Waals surface area contributed by atoms with Crippen molar-refractivity contribution in [1.82, 2.24) is 9.88 Å². The number of hydrogen-bond acceptors (Lipinski definition) is 5. The van der Waals surface area contributed by atoms with Gasteiger partial charge in [0, 0.05) is 30.1 Å². The molecule has 0 bridgehead atoms. The molecule has 1 aliphatic heterocycles. The number of carbonyl (C=O) groups excluding carboxylic acids is 1. The maximum absolute atomic E-state index is 13.4. The van der Waals surface area contributed by atoms with Crippen LogP contribution in [0.15, 0.2) is 109 Å². The van der Waals surface area contributed by atoms with Crippen LogP contribution in [0, 0.1) is 0 Å². The normalized spacial score (nSPS) is 13.3. The van der Waals surface area contributed by atoms with Gasteiger partial charge < -0.3 is 5.32 Å². The molecule has 0 fully saturated rings. The Hall–Kier alpha value is -4.10. The minimum Gasteiger partial charge on any atom is -0.317 e. The molecule has 202 valence electrons. The van der Waals surface area contributed by atoms with Crippen molar-refractivity contribution >= 4 is 43.8 Å². The van der Waals surface area contributed by atoms with Crippen molar-refractivity contribution in [3.8, 4) is 21.7 Å². The first-order valence-corrected chi connectivity index (χ1v) is 15.5. The topological polar surface area (TPSA) is 45.2 Å². The molecule has 4 nitrogen and oxygen atoms in total. The van der Waals surface area contributed by atoms with Gasteiger partial charge in [-0.3, -0.25) is 9.69 Å². The molecular formula is C35H29N3OS2. The second kappa shape index (κ2) is 11.4. The Bertz CT molecular complexity index is 1770. The first-order chi connectivity index (χ1) is 20.2. The maximum Gasteiger partial charge on any atom is 0.229 e. The number of nitrogens with zero attached hydrogens (tertiary/aromatic N) is 2. The molecule has 1 aliphatic rings. The highest BCUT2D eigenvalue weighted by Gasteiger charge is 2.28. The average molecular weight is 572 g/mol. The number of nitrogens with one attached hydrogen (secondary N) is 1. The molecule has 0 spiro atoms. The zero-order valence-electron chi connectivity index (χ0n) is 22.5. The van der Waals surface area contributed by atoms with Gasteiger partial charge >= 0.3 is 0 Å². The van der Waals surface area contributed by atoms with E-state index in [1.54, 1.807) is 22.7 Å². The lowest BCUT2D eigenvalue weighted by molar-refractivity contribution is -0.115. The monoisotopic (exact) mass is 571 g/mol. The quantitative estimate of drug-likeness (QED) is 0.209. The van der Waals surface area contributed by atoms with Crippen LogP contribution in [-0.2, 0) is 30.7 Å². The fourth-order valence-electron chi connectivity index (χ4n) is 5.53. The number of benzene rings is 4. The Balaban J connectivity index is 1.15. The van der Waals surface area contributed by atoms with Crippen LogP contribution in [0.2, 0.25) is 0 Å². The molecule has 0 unspecified atom stereocenters. The van der Waals surface area contributed by atoms with E-state index in [0.717, 1.165) is 58.3 Å². The van der Waals surface area contributed by atoms with Crippen molar-refractivity contribution in [1.29, 1.82) is 0 Å². The van der Waals surface area contributed by atoms with Crippen LogP contribution < -0.4 is 5.32 Å². The summed E-state index contributed by atoms with van der Waals surface area (Å²) in [6.45, 7) is 2.79. The Morgan fingerprint density at radius 3 is 2.27 bits per heavy atom. The summed E-state index contributed by atoms with van der Waals surface area (Å²) in [5, 5.41) is 5.20. The molecule has 0 atom stereocenters. The van der Waals surface area contributed by atoms with E-state index >= 15 is 0 Å². The van der Waals surface area contributed by atoms with Crippen molar-refractivity contribution < 1.29 is 4.79 Å². The zero-order valence-corrected chi connectivity index (χ0v) is 24.2. The number of anilines is 1. The molecular weight excluding hydrogens is 543 g/mol. The Morgan fingerprint density at radius 1 is 0.780 bits per heavy atom. The van der Waals surface area contributed by atoms with Gasteiger partial charge in [0.1, 0.15) is 10.0 Å². The van der Waals surface area contributed by atoms with Crippen LogP contribution >= 0.6 is 22.7 Å². The van der Waals surface area contributed by atoms with E-state index in [9.17, 15) is 4.79 Å². The third-order valence-corrected chi connectivity index (χ3v) is 9.76. The van der Waals surface area contributed by atoms with E-state index in [0.29, 0.717) is 6.42 Å². The number of fused-ring (bicyclic) bond motifs is 2. The van der Waals surface area contributed by atoms with Gasteiger partial charge in [0.25, 0.3) is 0 Å². The summed E-state index contributed by atoms with van der Waals surface area (Å²) >= 11 is 3.42. The first-order valence-electron chi connectivity index (χ1n) is 13.9. The molecule has 2 aromatic heterocycles. The van der Waals surface area contributed by atoms with Gasteiger partial charge in [-0.1, -0.05) is 97.1 Å². The molecule has 0 saturated heterocycles. The van der Waals surface area contributed by atoms with Gasteiger partial charge in [-0.05, 0) is 46.4 Å². The number of amides is 1. The van der Waals surface area contributed by atoms with Crippen molar-refractivity contribution in [2.75, 3.05) is 11.9 Å². The summed E-state index contributed by atoms with van der Waals surface area (Å²) < 4.78 is 1.17. The van der Waals surface area contributed by atoms with Crippen LogP contribution in [-0.4, -0.2) is 22.3 Å². The third kappa shape index (κ3) is 5.59. The minimum absolute atomic E-state index is 0.000407. The van der Waals surface area contributed by atoms with E-state index in [-0.39, 0.29) is 5.91 Å². The molecule has 1 N–H and O–H groups in total. The summed E-state index contributed by atoms with van der Waals surface area (Å²) in [4.78, 5) is 22.2. The fraction of sp³-hybridized carbons (Fsp3) is 0.143. The van der Waals surface area contributed by atoms with E-state index in [4.69, 9.17) is 4.98 Å². The molecule has 1 amide bonds. The summed E-state index contributed by atoms with van der Waals surface area (Å²) in [6.07, 6.45) is 1.28. The SMILES string of the molecule is O=C(Cc1ccc(-c2ccccc2)cc1)Nc1sc2c(c1-c1nc3ccccc3s1)CCN(Cc1ccccc1)C2. The molecule has 0 saturated carbocycles. The Kier molecular flexibility index (Phi) is 7.19. The number of rotatable bonds is 7. The smallest absolute Gasteiger partial charge is 0.229 e. The lowest BCUT2D eigenvalue weighted by Crippen LogP contribution is -2.29. The highest BCUT2D eigenvalue weighted by molar-refractivity contribution is 7.22. The minimum atomic E-state index is -0.000407. The number of para-hydroxylation sites is 1. The second-order valence-corrected chi connectivity index (χ2v) is 12.6. The molecule has 0 aliphatic carbocycles. The number of thiophene rings is 1. The highest BCUT2D eigenvalue weighted by Crippen LogP contribution is 2.46. The predicted octanol–water partition coefficient (Wildman–Crippen LogP) is 8.43. The van der Waals surface area contributed by atoms with E-state index < -0.39 is 0 Å². The van der Waals surface area contributed by atoms with Crippen LogP contribution in [0.5, 0.6) is 0 Å². The molecule has 7 rings (SSSR count). The second-order valence-electron chi connectivity index (χ2n) is 10.4. The number of thiazole rings is 1. The zero-order chi connectivity index (χ0) is 27.6. The van der Waals surface area contributed by atoms with Gasteiger partial charge in [-0.25, -0.2) is 4.98 Å². The lowest BCUT2D eigenvalue weighted by atomic mass is 10.0. The van der Waals surface area contributed by atoms with E-state index in [1.807, 2.05) is 24.3 Å². The Labute approximate surface area is 247 Å². The standard InChI is InChI=1S/C35H29N3OS2/c39-32(21-24-15-17-27(18-16-24)26-11-5-2-6-12-26)37-35-33(34-36-29-13-7-8-14-30(29)40-34)28-19-20-38(23-31(28)41-35)22-25-9-3-1-4-10-25/h1-18H,19-23H2,(H,37,39). The van der Waals surface area contributed by atoms with Gasteiger partial charge in [0.15, 0.2) is 0 Å². The molecule has 6 aromatic rings. The largest absolute Gasteiger partial charge is 0.317 e. The Morgan fingerprint density at radius 2 is 1.49 bits per heavy atom. The van der Waals surface area contributed by atoms with Gasteiger partial charge in [-0.15, -0.1) is 22.7 Å². The molecule has 0 radical (unpaired) electrons. The van der Waals surface area contributed by atoms with Crippen LogP contribution in [0.3, 0.4) is 0 Å². The summed E-state index contributed by atoms with van der Waals surface area (Å²) in [7, 11) is 0. The van der Waals surface area contributed by atoms with Gasteiger partial charge in [-0.2, -0.15) is 0 Å². The van der Waals surface area contributed by atoms with Gasteiger partial charge in [0.2, 0.25) is 5.91 Å². The van der Waals surface area contributed by atoms with Crippen LogP contribution in [0.1, 0.15) is 21.6 Å². The summed E-state index contributed by atoms with van der Waals surface area (Å²) in [6, 6.07) is 37.5. The third-order valence-electron chi connectivity index (χ3n) is 7.57. The van der Waals surface area contributed by atoms with Crippen molar-refractivity contribution in [3.05, 3.63) is 131 Å². The molecule has 6 heteroatoms. The van der Waals surface area contributed by atoms with Gasteiger partial charge in [0.05, 0.1) is 16.6 Å². The van der Waals surface area contributed by atoms with E-state index in [1.165, 1.54) is 26.3 Å². The highest BCUT2D eigenvalue weighted by atomic mass is 32.1. The number of aromatic nitrogens is 1. The lowest BCUT2D eigenvalue weighted by Gasteiger charge is -2.27. The molecule has 3 heterocycles. The predicted molar refractivity (Wildman–Crippen MR) is 171 cm³/mol.